The standard InChI is InChI=1S/C15H10ClN3O3/c16-10-2-1-3-11-14(10)15(20)18-12-5-4-9(19(21)22)6-8(12)7-13(18)17-11/h1-6,13,17H,7H2. The predicted octanol–water partition coefficient (Wildman–Crippen LogP) is 3.20. The van der Waals surface area contributed by atoms with Crippen LogP contribution in [0.1, 0.15) is 15.9 Å². The number of carbonyl (C=O) groups excluding carboxylic acids is 1. The lowest BCUT2D eigenvalue weighted by molar-refractivity contribution is -0.384. The Morgan fingerprint density at radius 3 is 2.91 bits per heavy atom. The fraction of sp³-hybridized carbons (Fsp3) is 0.133. The zero-order valence-corrected chi connectivity index (χ0v) is 12.0. The van der Waals surface area contributed by atoms with Gasteiger partial charge in [-0.3, -0.25) is 19.8 Å². The summed E-state index contributed by atoms with van der Waals surface area (Å²) < 4.78 is 0. The number of hydrogen-bond donors (Lipinski definition) is 1. The molecule has 2 aliphatic heterocycles. The summed E-state index contributed by atoms with van der Waals surface area (Å²) in [7, 11) is 0. The van der Waals surface area contributed by atoms with E-state index in [4.69, 9.17) is 11.6 Å². The third-order valence-electron chi connectivity index (χ3n) is 4.03. The number of nitrogens with one attached hydrogen (secondary N) is 1. The first-order valence-electron chi connectivity index (χ1n) is 6.72. The lowest BCUT2D eigenvalue weighted by atomic mass is 10.1. The van der Waals surface area contributed by atoms with Crippen molar-refractivity contribution in [2.75, 3.05) is 10.2 Å². The topological polar surface area (TPSA) is 75.5 Å². The van der Waals surface area contributed by atoms with Crippen molar-refractivity contribution < 1.29 is 9.72 Å². The van der Waals surface area contributed by atoms with Gasteiger partial charge in [-0.05, 0) is 23.8 Å². The van der Waals surface area contributed by atoms with Gasteiger partial charge in [0.25, 0.3) is 11.6 Å². The second kappa shape index (κ2) is 4.45. The van der Waals surface area contributed by atoms with Crippen molar-refractivity contribution in [3.05, 3.63) is 62.7 Å². The van der Waals surface area contributed by atoms with E-state index >= 15 is 0 Å². The number of carbonyl (C=O) groups is 1. The van der Waals surface area contributed by atoms with E-state index in [0.717, 1.165) is 5.56 Å². The van der Waals surface area contributed by atoms with E-state index < -0.39 is 4.92 Å². The predicted molar refractivity (Wildman–Crippen MR) is 82.5 cm³/mol. The summed E-state index contributed by atoms with van der Waals surface area (Å²) in [5, 5.41) is 14.6. The fourth-order valence-corrected chi connectivity index (χ4v) is 3.34. The molecule has 2 aromatic carbocycles. The number of hydrogen-bond acceptors (Lipinski definition) is 4. The summed E-state index contributed by atoms with van der Waals surface area (Å²) in [6, 6.07) is 9.82. The maximum atomic E-state index is 12.8. The Kier molecular flexibility index (Phi) is 2.65. The maximum absolute atomic E-state index is 12.8. The number of halogens is 1. The third kappa shape index (κ3) is 1.70. The van der Waals surface area contributed by atoms with Gasteiger partial charge in [0.2, 0.25) is 0 Å². The number of non-ortho nitro benzene ring substituents is 1. The average molecular weight is 316 g/mol. The molecule has 1 amide bonds. The largest absolute Gasteiger partial charge is 0.364 e. The van der Waals surface area contributed by atoms with Gasteiger partial charge >= 0.3 is 0 Å². The minimum Gasteiger partial charge on any atom is -0.364 e. The Labute approximate surface area is 130 Å². The SMILES string of the molecule is O=C1c2c(Cl)cccc2NC2Cc3cc([N+](=O)[O-])ccc3N12. The number of nitro groups is 1. The number of benzene rings is 2. The molecule has 2 aromatic rings. The van der Waals surface area contributed by atoms with Gasteiger partial charge in [0, 0.05) is 24.2 Å². The molecule has 6 nitrogen and oxygen atoms in total. The van der Waals surface area contributed by atoms with E-state index in [-0.39, 0.29) is 17.8 Å². The summed E-state index contributed by atoms with van der Waals surface area (Å²) >= 11 is 6.14. The van der Waals surface area contributed by atoms with Crippen molar-refractivity contribution in [2.45, 2.75) is 12.6 Å². The number of amides is 1. The first-order valence-corrected chi connectivity index (χ1v) is 7.10. The van der Waals surface area contributed by atoms with Crippen LogP contribution in [0.2, 0.25) is 5.02 Å². The van der Waals surface area contributed by atoms with Crippen LogP contribution in [0.15, 0.2) is 36.4 Å². The van der Waals surface area contributed by atoms with Crippen LogP contribution in [0.5, 0.6) is 0 Å². The molecule has 0 aromatic heterocycles. The minimum atomic E-state index is -0.432. The molecule has 0 fully saturated rings. The smallest absolute Gasteiger partial charge is 0.269 e. The zero-order chi connectivity index (χ0) is 15.4. The van der Waals surface area contributed by atoms with Crippen LogP contribution in [0.4, 0.5) is 17.1 Å². The Balaban J connectivity index is 1.83. The second-order valence-corrected chi connectivity index (χ2v) is 5.68. The monoisotopic (exact) mass is 315 g/mol. The van der Waals surface area contributed by atoms with Crippen LogP contribution < -0.4 is 10.2 Å². The third-order valence-corrected chi connectivity index (χ3v) is 4.34. The first kappa shape index (κ1) is 13.1. The molecule has 22 heavy (non-hydrogen) atoms. The van der Waals surface area contributed by atoms with E-state index in [1.165, 1.54) is 12.1 Å². The van der Waals surface area contributed by atoms with Gasteiger partial charge in [-0.2, -0.15) is 0 Å². The maximum Gasteiger partial charge on any atom is 0.269 e. The average Bonchev–Trinajstić information content (AvgIpc) is 2.84. The van der Waals surface area contributed by atoms with Gasteiger partial charge < -0.3 is 5.32 Å². The molecule has 7 heteroatoms. The van der Waals surface area contributed by atoms with E-state index in [1.54, 1.807) is 23.1 Å². The highest BCUT2D eigenvalue weighted by molar-refractivity contribution is 6.36. The Hall–Kier alpha value is -2.60. The van der Waals surface area contributed by atoms with Crippen molar-refractivity contribution in [3.63, 3.8) is 0 Å². The Bertz CT molecular complexity index is 837. The van der Waals surface area contributed by atoms with Crippen LogP contribution in [0.3, 0.4) is 0 Å². The van der Waals surface area contributed by atoms with Crippen molar-refractivity contribution in [2.24, 2.45) is 0 Å². The fourth-order valence-electron chi connectivity index (χ4n) is 3.08. The van der Waals surface area contributed by atoms with Crippen molar-refractivity contribution in [1.82, 2.24) is 0 Å². The quantitative estimate of drug-likeness (QED) is 0.647. The van der Waals surface area contributed by atoms with Crippen LogP contribution in [-0.4, -0.2) is 17.0 Å². The molecule has 0 aliphatic carbocycles. The molecule has 1 unspecified atom stereocenters. The highest BCUT2D eigenvalue weighted by Gasteiger charge is 2.40. The number of anilines is 2. The van der Waals surface area contributed by atoms with Crippen LogP contribution in [0.25, 0.3) is 0 Å². The molecule has 110 valence electrons. The summed E-state index contributed by atoms with van der Waals surface area (Å²) in [5.74, 6) is -0.183. The molecule has 1 atom stereocenters. The van der Waals surface area contributed by atoms with Gasteiger partial charge in [0.05, 0.1) is 21.2 Å². The van der Waals surface area contributed by atoms with Crippen LogP contribution >= 0.6 is 11.6 Å². The van der Waals surface area contributed by atoms with Crippen molar-refractivity contribution in [3.8, 4) is 0 Å². The van der Waals surface area contributed by atoms with Gasteiger partial charge in [-0.25, -0.2) is 0 Å². The number of rotatable bonds is 1. The molecule has 0 saturated carbocycles. The van der Waals surface area contributed by atoms with Gasteiger partial charge in [0.1, 0.15) is 6.17 Å². The number of fused-ring (bicyclic) bond motifs is 4. The van der Waals surface area contributed by atoms with E-state index in [0.29, 0.717) is 28.4 Å². The second-order valence-electron chi connectivity index (χ2n) is 5.27. The van der Waals surface area contributed by atoms with Crippen molar-refractivity contribution >= 4 is 34.6 Å². The molecule has 0 radical (unpaired) electrons. The van der Waals surface area contributed by atoms with E-state index in [1.807, 2.05) is 6.07 Å². The molecule has 2 aliphatic rings. The lowest BCUT2D eigenvalue weighted by Gasteiger charge is -2.33. The molecule has 1 N–H and O–H groups in total. The van der Waals surface area contributed by atoms with Crippen LogP contribution in [-0.2, 0) is 6.42 Å². The Morgan fingerprint density at radius 1 is 1.32 bits per heavy atom. The van der Waals surface area contributed by atoms with E-state index in [9.17, 15) is 14.9 Å². The minimum absolute atomic E-state index is 0.0293. The Morgan fingerprint density at radius 2 is 2.14 bits per heavy atom. The first-order chi connectivity index (χ1) is 10.6. The van der Waals surface area contributed by atoms with Gasteiger partial charge in [-0.15, -0.1) is 0 Å². The molecule has 0 saturated heterocycles. The molecule has 4 rings (SSSR count). The van der Waals surface area contributed by atoms with Gasteiger partial charge in [-0.1, -0.05) is 17.7 Å². The molecule has 0 bridgehead atoms. The van der Waals surface area contributed by atoms with Gasteiger partial charge in [0.15, 0.2) is 0 Å². The van der Waals surface area contributed by atoms with Crippen LogP contribution in [0, 0.1) is 10.1 Å². The normalized spacial score (nSPS) is 18.3. The number of nitro benzene ring substituents is 1. The zero-order valence-electron chi connectivity index (χ0n) is 11.2. The summed E-state index contributed by atoms with van der Waals surface area (Å²) in [5.41, 5.74) is 2.64. The summed E-state index contributed by atoms with van der Waals surface area (Å²) in [6.45, 7) is 0. The highest BCUT2D eigenvalue weighted by Crippen LogP contribution is 2.41. The highest BCUT2D eigenvalue weighted by atomic mass is 35.5. The van der Waals surface area contributed by atoms with E-state index in [2.05, 4.69) is 5.32 Å². The molecule has 0 spiro atoms. The van der Waals surface area contributed by atoms with Crippen molar-refractivity contribution in [1.29, 1.82) is 0 Å². The number of nitrogens with zero attached hydrogens (tertiary/aromatic N) is 2. The lowest BCUT2D eigenvalue weighted by Crippen LogP contribution is -2.46. The molecular formula is C15H10ClN3O3. The molecule has 2 heterocycles. The summed E-state index contributed by atoms with van der Waals surface area (Å²) in [6.07, 6.45) is 0.282. The summed E-state index contributed by atoms with van der Waals surface area (Å²) in [4.78, 5) is 24.8. The molecular weight excluding hydrogens is 306 g/mol.